The number of nitrogens with zero attached hydrogens (tertiary/aromatic N) is 4. The van der Waals surface area contributed by atoms with E-state index in [0.29, 0.717) is 18.7 Å². The van der Waals surface area contributed by atoms with Crippen molar-refractivity contribution in [2.75, 3.05) is 13.7 Å². The van der Waals surface area contributed by atoms with Crippen molar-refractivity contribution in [1.29, 1.82) is 5.26 Å². The molecule has 3 saturated heterocycles. The van der Waals surface area contributed by atoms with Crippen molar-refractivity contribution in [3.8, 4) is 11.8 Å². The van der Waals surface area contributed by atoms with Gasteiger partial charge in [-0.15, -0.1) is 0 Å². The van der Waals surface area contributed by atoms with Crippen LogP contribution in [0.4, 0.5) is 0 Å². The lowest BCUT2D eigenvalue weighted by Gasteiger charge is -2.34. The van der Waals surface area contributed by atoms with Gasteiger partial charge in [-0.2, -0.15) is 5.26 Å². The van der Waals surface area contributed by atoms with E-state index < -0.39 is 0 Å². The summed E-state index contributed by atoms with van der Waals surface area (Å²) in [6.45, 7) is 0.509. The van der Waals surface area contributed by atoms with E-state index in [1.807, 2.05) is 15.9 Å². The minimum Gasteiger partial charge on any atom is -0.495 e. The number of ether oxygens (including phenoxy) is 1. The van der Waals surface area contributed by atoms with Crippen LogP contribution in [-0.2, 0) is 9.59 Å². The summed E-state index contributed by atoms with van der Waals surface area (Å²) in [6.07, 6.45) is 10.3. The molecule has 30 heavy (non-hydrogen) atoms. The highest BCUT2D eigenvalue weighted by atomic mass is 16.5. The summed E-state index contributed by atoms with van der Waals surface area (Å²) in [7, 11) is 1.60. The molecule has 5 rings (SSSR count). The first kappa shape index (κ1) is 19.3. The lowest BCUT2D eigenvalue weighted by Crippen LogP contribution is -2.52. The molecule has 1 aliphatic carbocycles. The molecule has 1 saturated carbocycles. The summed E-state index contributed by atoms with van der Waals surface area (Å²) in [4.78, 5) is 34.6. The second kappa shape index (κ2) is 7.26. The van der Waals surface area contributed by atoms with Gasteiger partial charge in [0.25, 0.3) is 0 Å². The Morgan fingerprint density at radius 1 is 1.27 bits per heavy atom. The Morgan fingerprint density at radius 3 is 2.83 bits per heavy atom. The summed E-state index contributed by atoms with van der Waals surface area (Å²) in [5, 5.41) is 10.0. The molecule has 4 fully saturated rings. The van der Waals surface area contributed by atoms with Gasteiger partial charge in [0, 0.05) is 31.1 Å². The van der Waals surface area contributed by atoms with Gasteiger partial charge >= 0.3 is 0 Å². The van der Waals surface area contributed by atoms with Gasteiger partial charge in [-0.3, -0.25) is 14.6 Å². The van der Waals surface area contributed by atoms with E-state index >= 15 is 0 Å². The number of rotatable bonds is 3. The molecule has 3 aliphatic heterocycles. The van der Waals surface area contributed by atoms with Crippen LogP contribution in [-0.4, -0.2) is 57.9 Å². The lowest BCUT2D eigenvalue weighted by atomic mass is 9.85. The smallest absolute Gasteiger partial charge is 0.245 e. The maximum absolute atomic E-state index is 13.8. The molecule has 4 aliphatic rings. The molecule has 4 heterocycles. The maximum atomic E-state index is 13.8. The van der Waals surface area contributed by atoms with Crippen LogP contribution in [0.15, 0.2) is 18.5 Å². The SMILES string of the molecule is COc1cncc(C2CN(C(=O)[C@@H]3CC[C@@H]4CCCCC(=O)N43)C3(CC3)[C@@H]2C#N)c1. The van der Waals surface area contributed by atoms with Gasteiger partial charge < -0.3 is 14.5 Å². The zero-order chi connectivity index (χ0) is 20.9. The number of nitriles is 1. The Labute approximate surface area is 177 Å². The van der Waals surface area contributed by atoms with Crippen LogP contribution in [0.5, 0.6) is 5.75 Å². The molecule has 2 amide bonds. The molecule has 1 aromatic heterocycles. The highest BCUT2D eigenvalue weighted by Gasteiger charge is 2.64. The highest BCUT2D eigenvalue weighted by Crippen LogP contribution is 2.58. The summed E-state index contributed by atoms with van der Waals surface area (Å²) in [5.41, 5.74) is 0.560. The second-order valence-electron chi connectivity index (χ2n) is 9.22. The zero-order valence-electron chi connectivity index (χ0n) is 17.4. The average molecular weight is 409 g/mol. The van der Waals surface area contributed by atoms with Gasteiger partial charge in [0.05, 0.1) is 30.8 Å². The number of amides is 2. The predicted octanol–water partition coefficient (Wildman–Crippen LogP) is 2.62. The Morgan fingerprint density at radius 2 is 2.10 bits per heavy atom. The first-order valence-corrected chi connectivity index (χ1v) is 11.1. The minimum absolute atomic E-state index is 0.0452. The highest BCUT2D eigenvalue weighted by molar-refractivity contribution is 5.90. The van der Waals surface area contributed by atoms with Crippen LogP contribution in [0.25, 0.3) is 0 Å². The van der Waals surface area contributed by atoms with Crippen LogP contribution in [0, 0.1) is 17.2 Å². The van der Waals surface area contributed by atoms with Crippen LogP contribution < -0.4 is 4.74 Å². The van der Waals surface area contributed by atoms with Crippen molar-refractivity contribution in [3.05, 3.63) is 24.0 Å². The standard InChI is InChI=1S/C23H28N4O3/c1-30-17-10-15(12-25-13-17)18-14-26(23(8-9-23)19(18)11-24)22(29)20-7-6-16-4-2-3-5-21(28)27(16)20/h10,12-13,16,18-20H,2-9,14H2,1H3/t16-,18?,19+,20-/m0/s1. The molecule has 0 N–H and O–H groups in total. The summed E-state index contributed by atoms with van der Waals surface area (Å²) >= 11 is 0. The third kappa shape index (κ3) is 2.88. The number of methoxy groups -OCH3 is 1. The Balaban J connectivity index is 1.44. The topological polar surface area (TPSA) is 86.5 Å². The van der Waals surface area contributed by atoms with Gasteiger partial charge in [-0.1, -0.05) is 6.42 Å². The van der Waals surface area contributed by atoms with Crippen molar-refractivity contribution in [3.63, 3.8) is 0 Å². The molecule has 1 spiro atoms. The molecular formula is C23H28N4O3. The largest absolute Gasteiger partial charge is 0.495 e. The van der Waals surface area contributed by atoms with Gasteiger partial charge in [-0.05, 0) is 50.2 Å². The number of fused-ring (bicyclic) bond motifs is 1. The first-order chi connectivity index (χ1) is 14.6. The molecule has 158 valence electrons. The zero-order valence-corrected chi connectivity index (χ0v) is 17.4. The number of carbonyl (C=O) groups is 2. The minimum atomic E-state index is -0.382. The van der Waals surface area contributed by atoms with Crippen LogP contribution in [0.2, 0.25) is 0 Å². The molecule has 1 unspecified atom stereocenters. The van der Waals surface area contributed by atoms with E-state index in [2.05, 4.69) is 11.1 Å². The fourth-order valence-corrected chi connectivity index (χ4v) is 6.05. The monoisotopic (exact) mass is 408 g/mol. The van der Waals surface area contributed by atoms with Gasteiger partial charge in [-0.25, -0.2) is 0 Å². The molecule has 0 aromatic carbocycles. The normalized spacial score (nSPS) is 31.9. The average Bonchev–Trinajstić information content (AvgIpc) is 3.37. The van der Waals surface area contributed by atoms with Crippen LogP contribution in [0.1, 0.15) is 62.8 Å². The Kier molecular flexibility index (Phi) is 4.68. The molecule has 1 aromatic rings. The molecule has 0 radical (unpaired) electrons. The Bertz CT molecular complexity index is 906. The van der Waals surface area contributed by atoms with Crippen molar-refractivity contribution in [1.82, 2.24) is 14.8 Å². The Hall–Kier alpha value is -2.62. The molecule has 7 heteroatoms. The van der Waals surface area contributed by atoms with E-state index in [1.54, 1.807) is 19.5 Å². The number of carbonyl (C=O) groups excluding carboxylic acids is 2. The number of pyridine rings is 1. The van der Waals surface area contributed by atoms with E-state index in [0.717, 1.165) is 50.5 Å². The molecular weight excluding hydrogens is 380 g/mol. The fourth-order valence-electron chi connectivity index (χ4n) is 6.05. The predicted molar refractivity (Wildman–Crippen MR) is 108 cm³/mol. The summed E-state index contributed by atoms with van der Waals surface area (Å²) in [6, 6.07) is 4.28. The van der Waals surface area contributed by atoms with E-state index in [1.165, 1.54) is 0 Å². The van der Waals surface area contributed by atoms with Crippen LogP contribution in [0.3, 0.4) is 0 Å². The quantitative estimate of drug-likeness (QED) is 0.767. The third-order valence-electron chi connectivity index (χ3n) is 7.72. The number of likely N-dealkylation sites (tertiary alicyclic amines) is 1. The molecule has 4 atom stereocenters. The first-order valence-electron chi connectivity index (χ1n) is 11.1. The second-order valence-corrected chi connectivity index (χ2v) is 9.22. The molecule has 7 nitrogen and oxygen atoms in total. The van der Waals surface area contributed by atoms with Crippen LogP contribution >= 0.6 is 0 Å². The van der Waals surface area contributed by atoms with Gasteiger partial charge in [0.15, 0.2) is 0 Å². The summed E-state index contributed by atoms with van der Waals surface area (Å²) in [5.74, 6) is 0.493. The molecule has 0 bridgehead atoms. The lowest BCUT2D eigenvalue weighted by molar-refractivity contribution is -0.146. The van der Waals surface area contributed by atoms with E-state index in [9.17, 15) is 14.9 Å². The van der Waals surface area contributed by atoms with E-state index in [-0.39, 0.29) is 41.3 Å². The van der Waals surface area contributed by atoms with Crippen molar-refractivity contribution in [2.45, 2.75) is 74.9 Å². The van der Waals surface area contributed by atoms with Crippen molar-refractivity contribution in [2.24, 2.45) is 5.92 Å². The third-order valence-corrected chi connectivity index (χ3v) is 7.72. The number of hydrogen-bond acceptors (Lipinski definition) is 5. The number of hydrogen-bond donors (Lipinski definition) is 0. The maximum Gasteiger partial charge on any atom is 0.245 e. The van der Waals surface area contributed by atoms with Gasteiger partial charge in [0.1, 0.15) is 11.8 Å². The van der Waals surface area contributed by atoms with Gasteiger partial charge in [0.2, 0.25) is 11.8 Å². The summed E-state index contributed by atoms with van der Waals surface area (Å²) < 4.78 is 5.32. The fraction of sp³-hybridized carbons (Fsp3) is 0.652. The van der Waals surface area contributed by atoms with Crippen molar-refractivity contribution >= 4 is 11.8 Å². The van der Waals surface area contributed by atoms with Crippen molar-refractivity contribution < 1.29 is 14.3 Å². The number of aromatic nitrogens is 1. The van der Waals surface area contributed by atoms with E-state index in [4.69, 9.17) is 4.74 Å².